The summed E-state index contributed by atoms with van der Waals surface area (Å²) < 4.78 is 13.6. The third kappa shape index (κ3) is 4.34. The first-order valence-electron chi connectivity index (χ1n) is 10.6. The van der Waals surface area contributed by atoms with Gasteiger partial charge in [-0.3, -0.25) is 4.40 Å². The standard InChI is InChI=1S/C24H31N3O2/c1-18-24(26(2)16-19-11-13-21(28-3)14-12-19)27-15-7-10-22(23(27)25-18)29-17-20-8-5-4-6-9-20/h7,10-15,20H,4-6,8-9,16-17H2,1-3H3. The smallest absolute Gasteiger partial charge is 0.181 e. The summed E-state index contributed by atoms with van der Waals surface area (Å²) in [6, 6.07) is 12.3. The van der Waals surface area contributed by atoms with Gasteiger partial charge in [0.05, 0.1) is 19.4 Å². The van der Waals surface area contributed by atoms with Crippen LogP contribution in [0.15, 0.2) is 42.6 Å². The van der Waals surface area contributed by atoms with Crippen LogP contribution < -0.4 is 14.4 Å². The lowest BCUT2D eigenvalue weighted by Crippen LogP contribution is -2.19. The molecule has 0 saturated heterocycles. The minimum absolute atomic E-state index is 0.678. The van der Waals surface area contributed by atoms with Crippen LogP contribution >= 0.6 is 0 Å². The fourth-order valence-corrected chi connectivity index (χ4v) is 4.36. The van der Waals surface area contributed by atoms with Gasteiger partial charge in [0.2, 0.25) is 0 Å². The van der Waals surface area contributed by atoms with Crippen LogP contribution in [0.1, 0.15) is 43.4 Å². The fraction of sp³-hybridized carbons (Fsp3) is 0.458. The number of fused-ring (bicyclic) bond motifs is 1. The molecule has 2 aromatic heterocycles. The third-order valence-electron chi connectivity index (χ3n) is 5.90. The molecule has 1 aliphatic carbocycles. The zero-order valence-corrected chi connectivity index (χ0v) is 17.7. The number of anilines is 1. The Hall–Kier alpha value is -2.69. The lowest BCUT2D eigenvalue weighted by atomic mass is 9.90. The molecule has 1 saturated carbocycles. The number of aryl methyl sites for hydroxylation is 1. The first-order chi connectivity index (χ1) is 14.2. The fourth-order valence-electron chi connectivity index (χ4n) is 4.36. The van der Waals surface area contributed by atoms with Crippen molar-refractivity contribution in [1.82, 2.24) is 9.38 Å². The average Bonchev–Trinajstić information content (AvgIpc) is 3.10. The highest BCUT2D eigenvalue weighted by Crippen LogP contribution is 2.30. The number of ether oxygens (including phenoxy) is 2. The van der Waals surface area contributed by atoms with Gasteiger partial charge in [-0.05, 0) is 55.5 Å². The van der Waals surface area contributed by atoms with E-state index in [2.05, 4.69) is 47.7 Å². The number of methoxy groups -OCH3 is 1. The maximum atomic E-state index is 6.23. The van der Waals surface area contributed by atoms with Crippen molar-refractivity contribution in [2.24, 2.45) is 5.92 Å². The normalized spacial score (nSPS) is 14.9. The zero-order chi connectivity index (χ0) is 20.2. The van der Waals surface area contributed by atoms with Crippen LogP contribution in [-0.2, 0) is 6.54 Å². The Balaban J connectivity index is 1.53. The van der Waals surface area contributed by atoms with Crippen LogP contribution in [0.4, 0.5) is 5.82 Å². The Morgan fingerprint density at radius 1 is 1.10 bits per heavy atom. The molecule has 0 N–H and O–H groups in total. The Kier molecular flexibility index (Phi) is 5.93. The molecule has 0 amide bonds. The minimum Gasteiger partial charge on any atom is -0.497 e. The second-order valence-electron chi connectivity index (χ2n) is 8.11. The predicted octanol–water partition coefficient (Wildman–Crippen LogP) is 5.25. The molecular weight excluding hydrogens is 362 g/mol. The van der Waals surface area contributed by atoms with E-state index in [4.69, 9.17) is 14.5 Å². The van der Waals surface area contributed by atoms with Gasteiger partial charge in [0.25, 0.3) is 0 Å². The van der Waals surface area contributed by atoms with Gasteiger partial charge in [-0.2, -0.15) is 0 Å². The van der Waals surface area contributed by atoms with Crippen molar-refractivity contribution >= 4 is 11.5 Å². The lowest BCUT2D eigenvalue weighted by Gasteiger charge is -2.22. The van der Waals surface area contributed by atoms with E-state index in [0.29, 0.717) is 5.92 Å². The summed E-state index contributed by atoms with van der Waals surface area (Å²) in [6.07, 6.45) is 8.68. The van der Waals surface area contributed by atoms with Crippen LogP contribution in [-0.4, -0.2) is 30.1 Å². The van der Waals surface area contributed by atoms with Gasteiger partial charge < -0.3 is 14.4 Å². The zero-order valence-electron chi connectivity index (χ0n) is 17.7. The van der Waals surface area contributed by atoms with Crippen molar-refractivity contribution < 1.29 is 9.47 Å². The van der Waals surface area contributed by atoms with Crippen LogP contribution in [0.25, 0.3) is 5.65 Å². The van der Waals surface area contributed by atoms with Crippen LogP contribution in [0.2, 0.25) is 0 Å². The van der Waals surface area contributed by atoms with Crippen molar-refractivity contribution in [1.29, 1.82) is 0 Å². The van der Waals surface area contributed by atoms with E-state index in [1.165, 1.54) is 37.7 Å². The molecule has 0 unspecified atom stereocenters. The summed E-state index contributed by atoms with van der Waals surface area (Å²) in [5.41, 5.74) is 3.14. The quantitative estimate of drug-likeness (QED) is 0.550. The van der Waals surface area contributed by atoms with Crippen molar-refractivity contribution in [3.63, 3.8) is 0 Å². The maximum Gasteiger partial charge on any atom is 0.181 e. The summed E-state index contributed by atoms with van der Waals surface area (Å²) in [4.78, 5) is 7.08. The van der Waals surface area contributed by atoms with E-state index in [1.807, 2.05) is 18.2 Å². The van der Waals surface area contributed by atoms with E-state index in [1.54, 1.807) is 7.11 Å². The molecule has 3 aromatic rings. The van der Waals surface area contributed by atoms with Crippen LogP contribution in [0, 0.1) is 12.8 Å². The van der Waals surface area contributed by atoms with Gasteiger partial charge in [0.1, 0.15) is 11.6 Å². The second kappa shape index (κ2) is 8.76. The number of nitrogens with zero attached hydrogens (tertiary/aromatic N) is 3. The minimum atomic E-state index is 0.678. The molecule has 0 aliphatic heterocycles. The molecule has 5 heteroatoms. The Morgan fingerprint density at radius 2 is 1.86 bits per heavy atom. The number of aromatic nitrogens is 2. The van der Waals surface area contributed by atoms with Crippen molar-refractivity contribution in [3.05, 3.63) is 53.9 Å². The molecule has 4 rings (SSSR count). The molecule has 154 valence electrons. The summed E-state index contributed by atoms with van der Waals surface area (Å²) in [5, 5.41) is 0. The number of hydrogen-bond donors (Lipinski definition) is 0. The molecule has 0 bridgehead atoms. The SMILES string of the molecule is COc1ccc(CN(C)c2c(C)nc3c(OCC4CCCCC4)cccn23)cc1. The third-order valence-corrected chi connectivity index (χ3v) is 5.90. The van der Waals surface area contributed by atoms with E-state index in [0.717, 1.165) is 41.8 Å². The van der Waals surface area contributed by atoms with Gasteiger partial charge in [-0.1, -0.05) is 31.4 Å². The number of benzene rings is 1. The van der Waals surface area contributed by atoms with E-state index in [9.17, 15) is 0 Å². The molecule has 2 heterocycles. The molecule has 1 aromatic carbocycles. The van der Waals surface area contributed by atoms with E-state index < -0.39 is 0 Å². The predicted molar refractivity (Wildman–Crippen MR) is 117 cm³/mol. The highest BCUT2D eigenvalue weighted by atomic mass is 16.5. The van der Waals surface area contributed by atoms with Gasteiger partial charge in [-0.25, -0.2) is 4.98 Å². The van der Waals surface area contributed by atoms with Crippen molar-refractivity contribution in [2.75, 3.05) is 25.7 Å². The second-order valence-corrected chi connectivity index (χ2v) is 8.11. The summed E-state index contributed by atoms with van der Waals surface area (Å²) in [7, 11) is 3.80. The highest BCUT2D eigenvalue weighted by Gasteiger charge is 2.18. The van der Waals surface area contributed by atoms with Gasteiger partial charge in [0, 0.05) is 19.8 Å². The number of pyridine rings is 1. The van der Waals surface area contributed by atoms with Crippen molar-refractivity contribution in [3.8, 4) is 11.5 Å². The Labute approximate surface area is 173 Å². The number of rotatable bonds is 7. The molecule has 29 heavy (non-hydrogen) atoms. The first-order valence-corrected chi connectivity index (χ1v) is 10.6. The monoisotopic (exact) mass is 393 g/mol. The van der Waals surface area contributed by atoms with E-state index in [-0.39, 0.29) is 0 Å². The van der Waals surface area contributed by atoms with Gasteiger partial charge in [-0.15, -0.1) is 0 Å². The molecule has 5 nitrogen and oxygen atoms in total. The van der Waals surface area contributed by atoms with Crippen LogP contribution in [0.3, 0.4) is 0 Å². The number of hydrogen-bond acceptors (Lipinski definition) is 4. The topological polar surface area (TPSA) is 39.0 Å². The summed E-state index contributed by atoms with van der Waals surface area (Å²) >= 11 is 0. The summed E-state index contributed by atoms with van der Waals surface area (Å²) in [5.74, 6) is 3.53. The summed E-state index contributed by atoms with van der Waals surface area (Å²) in [6.45, 7) is 3.66. The van der Waals surface area contributed by atoms with Crippen LogP contribution in [0.5, 0.6) is 11.5 Å². The molecular formula is C24H31N3O2. The molecule has 1 fully saturated rings. The Bertz CT molecular complexity index is 943. The van der Waals surface area contributed by atoms with Crippen molar-refractivity contribution in [2.45, 2.75) is 45.6 Å². The first kappa shape index (κ1) is 19.6. The molecule has 0 spiro atoms. The average molecular weight is 394 g/mol. The number of imidazole rings is 1. The largest absolute Gasteiger partial charge is 0.497 e. The molecule has 0 atom stereocenters. The van der Waals surface area contributed by atoms with Gasteiger partial charge >= 0.3 is 0 Å². The Morgan fingerprint density at radius 3 is 2.59 bits per heavy atom. The lowest BCUT2D eigenvalue weighted by molar-refractivity contribution is 0.210. The van der Waals surface area contributed by atoms with E-state index >= 15 is 0 Å². The maximum absolute atomic E-state index is 6.23. The molecule has 0 radical (unpaired) electrons. The molecule has 1 aliphatic rings. The highest BCUT2D eigenvalue weighted by molar-refractivity contribution is 5.63. The van der Waals surface area contributed by atoms with Gasteiger partial charge in [0.15, 0.2) is 11.4 Å².